The third-order valence-electron chi connectivity index (χ3n) is 3.09. The van der Waals surface area contributed by atoms with Crippen LogP contribution < -0.4 is 16.2 Å². The number of nitrogens with two attached hydrogens (primary N) is 1. The van der Waals surface area contributed by atoms with E-state index in [1.165, 1.54) is 6.33 Å². The van der Waals surface area contributed by atoms with Crippen molar-refractivity contribution < 1.29 is 0 Å². The SMILES string of the molecule is CC1CCN(c2nc[nH]c(=O)c2I)CC1N. The molecule has 5 nitrogen and oxygen atoms in total. The number of H-pyrrole nitrogens is 1. The van der Waals surface area contributed by atoms with E-state index in [4.69, 9.17) is 5.73 Å². The summed E-state index contributed by atoms with van der Waals surface area (Å²) >= 11 is 2.03. The Morgan fingerprint density at radius 1 is 1.69 bits per heavy atom. The molecule has 1 aliphatic rings. The second-order valence-electron chi connectivity index (χ2n) is 4.25. The minimum absolute atomic E-state index is 0.0854. The van der Waals surface area contributed by atoms with Crippen molar-refractivity contribution >= 4 is 28.4 Å². The number of rotatable bonds is 1. The van der Waals surface area contributed by atoms with Crippen molar-refractivity contribution in [2.24, 2.45) is 11.7 Å². The molecule has 2 rings (SSSR count). The van der Waals surface area contributed by atoms with Crippen LogP contribution in [0, 0.1) is 9.49 Å². The highest BCUT2D eigenvalue weighted by atomic mass is 127. The molecular formula is C10H15IN4O. The molecule has 0 aromatic carbocycles. The average Bonchev–Trinajstić information content (AvgIpc) is 2.26. The van der Waals surface area contributed by atoms with E-state index in [9.17, 15) is 4.79 Å². The minimum Gasteiger partial charge on any atom is -0.354 e. The normalized spacial score (nSPS) is 25.8. The van der Waals surface area contributed by atoms with Gasteiger partial charge in [-0.1, -0.05) is 6.92 Å². The second kappa shape index (κ2) is 4.70. The highest BCUT2D eigenvalue weighted by Crippen LogP contribution is 2.22. The highest BCUT2D eigenvalue weighted by Gasteiger charge is 2.25. The lowest BCUT2D eigenvalue weighted by molar-refractivity contribution is 0.377. The number of anilines is 1. The summed E-state index contributed by atoms with van der Waals surface area (Å²) in [7, 11) is 0. The molecule has 88 valence electrons. The molecule has 0 saturated carbocycles. The Morgan fingerprint density at radius 3 is 3.12 bits per heavy atom. The largest absolute Gasteiger partial charge is 0.354 e. The van der Waals surface area contributed by atoms with Crippen LogP contribution in [0.3, 0.4) is 0 Å². The zero-order valence-electron chi connectivity index (χ0n) is 9.11. The smallest absolute Gasteiger partial charge is 0.266 e. The maximum Gasteiger partial charge on any atom is 0.266 e. The molecule has 1 saturated heterocycles. The summed E-state index contributed by atoms with van der Waals surface area (Å²) in [5.41, 5.74) is 5.95. The topological polar surface area (TPSA) is 75.0 Å². The van der Waals surface area contributed by atoms with E-state index < -0.39 is 0 Å². The van der Waals surface area contributed by atoms with Gasteiger partial charge < -0.3 is 15.6 Å². The number of nitrogens with one attached hydrogen (secondary N) is 1. The first-order chi connectivity index (χ1) is 7.59. The number of halogens is 1. The molecule has 1 fully saturated rings. The lowest BCUT2D eigenvalue weighted by Crippen LogP contribution is -2.48. The van der Waals surface area contributed by atoms with E-state index in [0.717, 1.165) is 25.3 Å². The van der Waals surface area contributed by atoms with Gasteiger partial charge in [0.2, 0.25) is 0 Å². The van der Waals surface area contributed by atoms with Gasteiger partial charge in [0.25, 0.3) is 5.56 Å². The Balaban J connectivity index is 2.25. The Bertz CT molecular complexity index is 433. The van der Waals surface area contributed by atoms with E-state index in [1.54, 1.807) is 0 Å². The lowest BCUT2D eigenvalue weighted by atomic mass is 9.94. The Kier molecular flexibility index (Phi) is 3.48. The predicted octanol–water partition coefficient (Wildman–Crippen LogP) is 0.548. The minimum atomic E-state index is -0.0854. The number of hydrogen-bond donors (Lipinski definition) is 2. The van der Waals surface area contributed by atoms with Crippen molar-refractivity contribution in [2.75, 3.05) is 18.0 Å². The first-order valence-electron chi connectivity index (χ1n) is 5.33. The van der Waals surface area contributed by atoms with Gasteiger partial charge in [0.1, 0.15) is 9.39 Å². The van der Waals surface area contributed by atoms with Gasteiger partial charge >= 0.3 is 0 Å². The van der Waals surface area contributed by atoms with Gasteiger partial charge in [-0.05, 0) is 34.9 Å². The summed E-state index contributed by atoms with van der Waals surface area (Å²) in [5.74, 6) is 1.29. The van der Waals surface area contributed by atoms with Crippen LogP contribution in [0.15, 0.2) is 11.1 Å². The van der Waals surface area contributed by atoms with E-state index in [1.807, 2.05) is 22.6 Å². The van der Waals surface area contributed by atoms with Gasteiger partial charge in [0.05, 0.1) is 6.33 Å². The van der Waals surface area contributed by atoms with Crippen molar-refractivity contribution in [3.05, 3.63) is 20.3 Å². The van der Waals surface area contributed by atoms with Gasteiger partial charge in [-0.2, -0.15) is 0 Å². The predicted molar refractivity (Wildman–Crippen MR) is 71.5 cm³/mol. The molecule has 0 radical (unpaired) electrons. The molecule has 2 unspecified atom stereocenters. The summed E-state index contributed by atoms with van der Waals surface area (Å²) in [6, 6.07) is 0.158. The van der Waals surface area contributed by atoms with Gasteiger partial charge in [0, 0.05) is 19.1 Å². The van der Waals surface area contributed by atoms with Gasteiger partial charge in [0.15, 0.2) is 0 Å². The average molecular weight is 334 g/mol. The van der Waals surface area contributed by atoms with Crippen LogP contribution in [0.1, 0.15) is 13.3 Å². The first kappa shape index (κ1) is 11.8. The van der Waals surface area contributed by atoms with Gasteiger partial charge in [-0.25, -0.2) is 4.98 Å². The Morgan fingerprint density at radius 2 is 2.44 bits per heavy atom. The van der Waals surface area contributed by atoms with E-state index in [-0.39, 0.29) is 11.6 Å². The van der Waals surface area contributed by atoms with E-state index >= 15 is 0 Å². The number of piperidine rings is 1. The van der Waals surface area contributed by atoms with Crippen LogP contribution in [0.5, 0.6) is 0 Å². The molecule has 0 aliphatic carbocycles. The molecule has 2 atom stereocenters. The van der Waals surface area contributed by atoms with Crippen LogP contribution >= 0.6 is 22.6 Å². The highest BCUT2D eigenvalue weighted by molar-refractivity contribution is 14.1. The molecular weight excluding hydrogens is 319 g/mol. The van der Waals surface area contributed by atoms with Crippen LogP contribution in [0.2, 0.25) is 0 Å². The molecule has 1 aromatic heterocycles. The molecule has 0 bridgehead atoms. The fraction of sp³-hybridized carbons (Fsp3) is 0.600. The third-order valence-corrected chi connectivity index (χ3v) is 4.07. The Labute approximate surface area is 108 Å². The fourth-order valence-electron chi connectivity index (χ4n) is 1.89. The molecule has 1 aliphatic heterocycles. The van der Waals surface area contributed by atoms with E-state index in [2.05, 4.69) is 21.8 Å². The van der Waals surface area contributed by atoms with Crippen molar-refractivity contribution in [3.8, 4) is 0 Å². The van der Waals surface area contributed by atoms with Crippen LogP contribution in [0.25, 0.3) is 0 Å². The second-order valence-corrected chi connectivity index (χ2v) is 5.32. The summed E-state index contributed by atoms with van der Waals surface area (Å²) in [6.45, 7) is 3.85. The molecule has 3 N–H and O–H groups in total. The molecule has 0 amide bonds. The zero-order valence-corrected chi connectivity index (χ0v) is 11.3. The van der Waals surface area contributed by atoms with Crippen molar-refractivity contribution in [1.82, 2.24) is 9.97 Å². The number of nitrogens with zero attached hydrogens (tertiary/aromatic N) is 2. The maximum absolute atomic E-state index is 11.5. The lowest BCUT2D eigenvalue weighted by Gasteiger charge is -2.35. The van der Waals surface area contributed by atoms with E-state index in [0.29, 0.717) is 9.49 Å². The van der Waals surface area contributed by atoms with Crippen molar-refractivity contribution in [2.45, 2.75) is 19.4 Å². The fourth-order valence-corrected chi connectivity index (χ4v) is 2.52. The first-order valence-corrected chi connectivity index (χ1v) is 6.41. The van der Waals surface area contributed by atoms with Crippen molar-refractivity contribution in [3.63, 3.8) is 0 Å². The monoisotopic (exact) mass is 334 g/mol. The Hall–Kier alpha value is -0.630. The van der Waals surface area contributed by atoms with Crippen LogP contribution in [-0.2, 0) is 0 Å². The number of aromatic amines is 1. The summed E-state index contributed by atoms with van der Waals surface area (Å²) in [6.07, 6.45) is 2.50. The van der Waals surface area contributed by atoms with Gasteiger partial charge in [-0.15, -0.1) is 0 Å². The maximum atomic E-state index is 11.5. The number of hydrogen-bond acceptors (Lipinski definition) is 4. The summed E-state index contributed by atoms with van der Waals surface area (Å²) < 4.78 is 0.641. The molecule has 0 spiro atoms. The van der Waals surface area contributed by atoms with Crippen LogP contribution in [0.4, 0.5) is 5.82 Å². The van der Waals surface area contributed by atoms with Gasteiger partial charge in [-0.3, -0.25) is 4.79 Å². The summed E-state index contributed by atoms with van der Waals surface area (Å²) in [5, 5.41) is 0. The zero-order chi connectivity index (χ0) is 11.7. The molecule has 16 heavy (non-hydrogen) atoms. The standard InChI is InChI=1S/C10H15IN4O/c1-6-2-3-15(4-7(6)12)9-8(11)10(16)14-5-13-9/h5-7H,2-4,12H2,1H3,(H,13,14,16). The molecule has 2 heterocycles. The molecule has 1 aromatic rings. The third kappa shape index (κ3) is 2.22. The molecule has 6 heteroatoms. The summed E-state index contributed by atoms with van der Waals surface area (Å²) in [4.78, 5) is 20.4. The van der Waals surface area contributed by atoms with Crippen molar-refractivity contribution in [1.29, 1.82) is 0 Å². The van der Waals surface area contributed by atoms with Crippen LogP contribution in [-0.4, -0.2) is 29.1 Å². The quantitative estimate of drug-likeness (QED) is 0.736. The number of aromatic nitrogens is 2.